The first-order valence-electron chi connectivity index (χ1n) is 4.60. The van der Waals surface area contributed by atoms with E-state index in [0.29, 0.717) is 21.9 Å². The first-order valence-corrected chi connectivity index (χ1v) is 6.56. The number of halogens is 3. The van der Waals surface area contributed by atoms with Gasteiger partial charge in [-0.05, 0) is 50.1 Å². The summed E-state index contributed by atoms with van der Waals surface area (Å²) in [6, 6.07) is 5.07. The summed E-state index contributed by atoms with van der Waals surface area (Å²) in [5.74, 6) is 0. The fourth-order valence-corrected chi connectivity index (χ4v) is 2.64. The minimum Gasteiger partial charge on any atom is -0.307 e. The zero-order chi connectivity index (χ0) is 12.4. The van der Waals surface area contributed by atoms with Crippen LogP contribution in [0.15, 0.2) is 38.1 Å². The molecule has 0 aliphatic heterocycles. The highest BCUT2D eigenvalue weighted by atomic mass is 79.9. The summed E-state index contributed by atoms with van der Waals surface area (Å²) in [5.41, 5.74) is 0.548. The molecule has 0 aromatic carbocycles. The van der Waals surface area contributed by atoms with E-state index >= 15 is 0 Å². The van der Waals surface area contributed by atoms with Crippen LogP contribution in [0.5, 0.6) is 0 Å². The van der Waals surface area contributed by atoms with Crippen LogP contribution in [-0.2, 0) is 6.54 Å². The van der Waals surface area contributed by atoms with Crippen molar-refractivity contribution in [2.75, 3.05) is 0 Å². The molecule has 7 heteroatoms. The van der Waals surface area contributed by atoms with E-state index in [-0.39, 0.29) is 5.56 Å². The maximum Gasteiger partial charge on any atom is 0.265 e. The lowest BCUT2D eigenvalue weighted by Crippen LogP contribution is -2.21. The number of hydrogen-bond acceptors (Lipinski definition) is 3. The summed E-state index contributed by atoms with van der Waals surface area (Å²) >= 11 is 12.2. The number of aromatic nitrogens is 3. The highest BCUT2D eigenvalue weighted by Gasteiger charge is 2.05. The van der Waals surface area contributed by atoms with Crippen molar-refractivity contribution < 1.29 is 0 Å². The Morgan fingerprint density at radius 3 is 2.71 bits per heavy atom. The smallest absolute Gasteiger partial charge is 0.265 e. The minimum absolute atomic E-state index is 0.120. The second-order valence-corrected chi connectivity index (χ2v) is 5.44. The van der Waals surface area contributed by atoms with E-state index in [4.69, 9.17) is 11.6 Å². The maximum atomic E-state index is 11.8. The van der Waals surface area contributed by atoms with Crippen LogP contribution < -0.4 is 5.56 Å². The lowest BCUT2D eigenvalue weighted by atomic mass is 10.3. The van der Waals surface area contributed by atoms with Crippen molar-refractivity contribution in [1.29, 1.82) is 0 Å². The van der Waals surface area contributed by atoms with Crippen molar-refractivity contribution in [3.05, 3.63) is 54.5 Å². The van der Waals surface area contributed by atoms with Gasteiger partial charge in [-0.2, -0.15) is 5.10 Å². The Morgan fingerprint density at radius 2 is 2.06 bits per heavy atom. The molecular formula is C10H6Br2ClN3O. The Balaban J connectivity index is 2.36. The Bertz CT molecular complexity index is 597. The third-order valence-electron chi connectivity index (χ3n) is 2.03. The average Bonchev–Trinajstić information content (AvgIpc) is 2.28. The van der Waals surface area contributed by atoms with Gasteiger partial charge in [0.2, 0.25) is 0 Å². The third-order valence-corrected chi connectivity index (χ3v) is 3.23. The normalized spacial score (nSPS) is 10.5. The molecule has 0 N–H and O–H groups in total. The van der Waals surface area contributed by atoms with E-state index < -0.39 is 0 Å². The van der Waals surface area contributed by atoms with Gasteiger partial charge in [0.15, 0.2) is 5.15 Å². The van der Waals surface area contributed by atoms with E-state index in [1.807, 2.05) is 0 Å². The predicted molar refractivity (Wildman–Crippen MR) is 72.2 cm³/mol. The van der Waals surface area contributed by atoms with E-state index in [1.165, 1.54) is 4.57 Å². The summed E-state index contributed by atoms with van der Waals surface area (Å²) in [7, 11) is 0. The van der Waals surface area contributed by atoms with Crippen molar-refractivity contribution in [2.45, 2.75) is 6.54 Å². The SMILES string of the molecule is O=c1c(Br)cc(Br)cn1Cc1ccc(Cl)nn1. The molecule has 0 spiro atoms. The fourth-order valence-electron chi connectivity index (χ4n) is 1.28. The molecule has 2 aromatic rings. The number of rotatable bonds is 2. The molecule has 0 unspecified atom stereocenters. The Kier molecular flexibility index (Phi) is 3.96. The summed E-state index contributed by atoms with van der Waals surface area (Å²) < 4.78 is 2.84. The third kappa shape index (κ3) is 3.14. The summed E-state index contributed by atoms with van der Waals surface area (Å²) in [6.07, 6.45) is 1.70. The van der Waals surface area contributed by atoms with Crippen LogP contribution in [0.2, 0.25) is 5.15 Å². The van der Waals surface area contributed by atoms with Crippen LogP contribution >= 0.6 is 43.5 Å². The van der Waals surface area contributed by atoms with Crippen LogP contribution in [0.4, 0.5) is 0 Å². The molecule has 0 saturated heterocycles. The second-order valence-electron chi connectivity index (χ2n) is 3.29. The molecule has 0 radical (unpaired) electrons. The van der Waals surface area contributed by atoms with Crippen molar-refractivity contribution >= 4 is 43.5 Å². The van der Waals surface area contributed by atoms with Gasteiger partial charge in [0.25, 0.3) is 5.56 Å². The zero-order valence-electron chi connectivity index (χ0n) is 8.40. The predicted octanol–water partition coefficient (Wildman–Crippen LogP) is 2.87. The zero-order valence-corrected chi connectivity index (χ0v) is 12.3. The quantitative estimate of drug-likeness (QED) is 0.806. The first kappa shape index (κ1) is 12.7. The van der Waals surface area contributed by atoms with Gasteiger partial charge in [-0.3, -0.25) is 4.79 Å². The highest BCUT2D eigenvalue weighted by molar-refractivity contribution is 9.11. The topological polar surface area (TPSA) is 47.8 Å². The van der Waals surface area contributed by atoms with E-state index in [0.717, 1.165) is 4.47 Å². The molecule has 4 nitrogen and oxygen atoms in total. The molecule has 0 atom stereocenters. The molecule has 2 aromatic heterocycles. The van der Waals surface area contributed by atoms with Gasteiger partial charge in [0.05, 0.1) is 16.7 Å². The lowest BCUT2D eigenvalue weighted by Gasteiger charge is -2.06. The summed E-state index contributed by atoms with van der Waals surface area (Å²) in [5, 5.41) is 7.96. The highest BCUT2D eigenvalue weighted by Crippen LogP contribution is 2.13. The van der Waals surface area contributed by atoms with Crippen molar-refractivity contribution in [3.63, 3.8) is 0 Å². The Hall–Kier alpha value is -0.720. The molecule has 0 aliphatic carbocycles. The van der Waals surface area contributed by atoms with Crippen molar-refractivity contribution in [2.24, 2.45) is 0 Å². The van der Waals surface area contributed by atoms with Crippen molar-refractivity contribution in [3.8, 4) is 0 Å². The Morgan fingerprint density at radius 1 is 1.29 bits per heavy atom. The van der Waals surface area contributed by atoms with E-state index in [9.17, 15) is 4.79 Å². The number of nitrogens with zero attached hydrogens (tertiary/aromatic N) is 3. The summed E-state index contributed by atoms with van der Waals surface area (Å²) in [6.45, 7) is 0.348. The standard InChI is InChI=1S/C10H6Br2ClN3O/c11-6-3-8(12)10(17)16(4-6)5-7-1-2-9(13)15-14-7/h1-4H,5H2. The number of pyridine rings is 1. The van der Waals surface area contributed by atoms with Gasteiger partial charge in [-0.25, -0.2) is 0 Å². The largest absolute Gasteiger partial charge is 0.307 e. The van der Waals surface area contributed by atoms with Crippen LogP contribution in [-0.4, -0.2) is 14.8 Å². The molecule has 2 heterocycles. The molecule has 0 aliphatic rings. The van der Waals surface area contributed by atoms with Crippen LogP contribution in [0, 0.1) is 0 Å². The minimum atomic E-state index is -0.120. The van der Waals surface area contributed by atoms with Crippen molar-refractivity contribution in [1.82, 2.24) is 14.8 Å². The maximum absolute atomic E-state index is 11.8. The van der Waals surface area contributed by atoms with Crippen LogP contribution in [0.25, 0.3) is 0 Å². The molecule has 88 valence electrons. The first-order chi connectivity index (χ1) is 8.06. The van der Waals surface area contributed by atoms with E-state index in [1.54, 1.807) is 24.4 Å². The van der Waals surface area contributed by atoms with Gasteiger partial charge in [-0.15, -0.1) is 5.10 Å². The lowest BCUT2D eigenvalue weighted by molar-refractivity contribution is 0.718. The van der Waals surface area contributed by atoms with Gasteiger partial charge in [0.1, 0.15) is 0 Å². The molecule has 0 amide bonds. The van der Waals surface area contributed by atoms with E-state index in [2.05, 4.69) is 42.1 Å². The molecule has 0 saturated carbocycles. The monoisotopic (exact) mass is 377 g/mol. The van der Waals surface area contributed by atoms with Crippen LogP contribution in [0.1, 0.15) is 5.69 Å². The van der Waals surface area contributed by atoms with Gasteiger partial charge in [-0.1, -0.05) is 11.6 Å². The van der Waals surface area contributed by atoms with Gasteiger partial charge < -0.3 is 4.57 Å². The van der Waals surface area contributed by atoms with Gasteiger partial charge in [0, 0.05) is 10.7 Å². The summed E-state index contributed by atoms with van der Waals surface area (Å²) in [4.78, 5) is 11.8. The molecular weight excluding hydrogens is 373 g/mol. The molecule has 17 heavy (non-hydrogen) atoms. The number of hydrogen-bond donors (Lipinski definition) is 0. The van der Waals surface area contributed by atoms with Gasteiger partial charge >= 0.3 is 0 Å². The average molecular weight is 379 g/mol. The van der Waals surface area contributed by atoms with Crippen LogP contribution in [0.3, 0.4) is 0 Å². The molecule has 0 bridgehead atoms. The Labute approximate surface area is 119 Å². The molecule has 0 fully saturated rings. The second kappa shape index (κ2) is 5.29. The fraction of sp³-hybridized carbons (Fsp3) is 0.100. The molecule has 2 rings (SSSR count).